The molecule has 0 aliphatic rings. The zero-order valence-electron chi connectivity index (χ0n) is 8.10. The van der Waals surface area contributed by atoms with Crippen molar-refractivity contribution in [3.05, 3.63) is 39.9 Å². The second-order valence-electron chi connectivity index (χ2n) is 2.98. The summed E-state index contributed by atoms with van der Waals surface area (Å²) in [5, 5.41) is 10.3. The van der Waals surface area contributed by atoms with Crippen LogP contribution in [0.25, 0.3) is 0 Å². The van der Waals surface area contributed by atoms with Crippen LogP contribution < -0.4 is 0 Å². The minimum atomic E-state index is -0.406. The Kier molecular flexibility index (Phi) is 4.07. The molecule has 0 fully saturated rings. The van der Waals surface area contributed by atoms with Crippen LogP contribution in [0.5, 0.6) is 0 Å². The minimum absolute atomic E-state index is 0.115. The standard InChI is InChI=1S/C10H13NO3/c1-2-7-14-8-9-3-5-10(6-4-9)11(12)13/h3-6H,2,7-8H2,1H3. The maximum absolute atomic E-state index is 10.3. The number of rotatable bonds is 5. The first-order chi connectivity index (χ1) is 6.74. The lowest BCUT2D eigenvalue weighted by Crippen LogP contribution is -1.94. The molecule has 1 rings (SSSR count). The van der Waals surface area contributed by atoms with Gasteiger partial charge >= 0.3 is 0 Å². The first-order valence-electron chi connectivity index (χ1n) is 4.55. The van der Waals surface area contributed by atoms with Crippen molar-refractivity contribution >= 4 is 5.69 Å². The Morgan fingerprint density at radius 3 is 2.50 bits per heavy atom. The van der Waals surface area contributed by atoms with Gasteiger partial charge in [0.25, 0.3) is 5.69 Å². The zero-order valence-corrected chi connectivity index (χ0v) is 8.10. The monoisotopic (exact) mass is 195 g/mol. The number of nitro benzene ring substituents is 1. The van der Waals surface area contributed by atoms with E-state index in [0.717, 1.165) is 18.6 Å². The average molecular weight is 195 g/mol. The van der Waals surface area contributed by atoms with Crippen molar-refractivity contribution in [1.82, 2.24) is 0 Å². The van der Waals surface area contributed by atoms with Crippen LogP contribution in [-0.4, -0.2) is 11.5 Å². The molecule has 1 aromatic rings. The van der Waals surface area contributed by atoms with Crippen molar-refractivity contribution in [2.45, 2.75) is 20.0 Å². The number of nitro groups is 1. The van der Waals surface area contributed by atoms with E-state index in [4.69, 9.17) is 4.74 Å². The number of benzene rings is 1. The predicted molar refractivity (Wildman–Crippen MR) is 53.0 cm³/mol. The van der Waals surface area contributed by atoms with Crippen LogP contribution in [0.1, 0.15) is 18.9 Å². The summed E-state index contributed by atoms with van der Waals surface area (Å²) in [5.74, 6) is 0. The number of non-ortho nitro benzene ring substituents is 1. The Balaban J connectivity index is 2.51. The third kappa shape index (κ3) is 3.14. The Morgan fingerprint density at radius 1 is 1.36 bits per heavy atom. The van der Waals surface area contributed by atoms with E-state index in [2.05, 4.69) is 0 Å². The topological polar surface area (TPSA) is 52.4 Å². The van der Waals surface area contributed by atoms with Crippen LogP contribution in [0.2, 0.25) is 0 Å². The lowest BCUT2D eigenvalue weighted by molar-refractivity contribution is -0.384. The fourth-order valence-corrected chi connectivity index (χ4v) is 1.05. The summed E-state index contributed by atoms with van der Waals surface area (Å²) in [7, 11) is 0. The third-order valence-electron chi connectivity index (χ3n) is 1.76. The maximum Gasteiger partial charge on any atom is 0.269 e. The largest absolute Gasteiger partial charge is 0.377 e. The van der Waals surface area contributed by atoms with Gasteiger partial charge in [-0.1, -0.05) is 6.92 Å². The molecule has 1 aromatic carbocycles. The van der Waals surface area contributed by atoms with Gasteiger partial charge < -0.3 is 4.74 Å². The molecule has 0 amide bonds. The van der Waals surface area contributed by atoms with Gasteiger partial charge in [-0.3, -0.25) is 10.1 Å². The van der Waals surface area contributed by atoms with E-state index >= 15 is 0 Å². The molecule has 14 heavy (non-hydrogen) atoms. The molecular weight excluding hydrogens is 182 g/mol. The summed E-state index contributed by atoms with van der Waals surface area (Å²) in [6, 6.07) is 6.41. The molecule has 0 aliphatic carbocycles. The Morgan fingerprint density at radius 2 is 2.00 bits per heavy atom. The van der Waals surface area contributed by atoms with Gasteiger partial charge in [-0.05, 0) is 24.1 Å². The molecule has 0 saturated heterocycles. The Labute approximate surface area is 82.7 Å². The number of hydrogen-bond donors (Lipinski definition) is 0. The van der Waals surface area contributed by atoms with E-state index in [9.17, 15) is 10.1 Å². The molecule has 0 heterocycles. The average Bonchev–Trinajstić information content (AvgIpc) is 2.19. The van der Waals surface area contributed by atoms with E-state index < -0.39 is 4.92 Å². The van der Waals surface area contributed by atoms with E-state index in [0.29, 0.717) is 6.61 Å². The van der Waals surface area contributed by atoms with Crippen molar-refractivity contribution in [2.24, 2.45) is 0 Å². The SMILES string of the molecule is CCCOCc1ccc([N+](=O)[O-])cc1. The highest BCUT2D eigenvalue weighted by atomic mass is 16.6. The van der Waals surface area contributed by atoms with Gasteiger partial charge in [0.15, 0.2) is 0 Å². The lowest BCUT2D eigenvalue weighted by atomic mass is 10.2. The van der Waals surface area contributed by atoms with Crippen LogP contribution in [0.3, 0.4) is 0 Å². The molecule has 0 bridgehead atoms. The predicted octanol–water partition coefficient (Wildman–Crippen LogP) is 2.52. The van der Waals surface area contributed by atoms with Gasteiger partial charge in [0, 0.05) is 18.7 Å². The molecule has 0 radical (unpaired) electrons. The fourth-order valence-electron chi connectivity index (χ4n) is 1.05. The summed E-state index contributed by atoms with van der Waals surface area (Å²) in [4.78, 5) is 9.94. The van der Waals surface area contributed by atoms with Gasteiger partial charge in [0.2, 0.25) is 0 Å². The number of hydrogen-bond acceptors (Lipinski definition) is 3. The summed E-state index contributed by atoms with van der Waals surface area (Å²) in [6.45, 7) is 3.28. The molecule has 0 spiro atoms. The quantitative estimate of drug-likeness (QED) is 0.412. The molecule has 0 aliphatic heterocycles. The molecule has 0 N–H and O–H groups in total. The summed E-state index contributed by atoms with van der Waals surface area (Å²) in [6.07, 6.45) is 0.979. The van der Waals surface area contributed by atoms with Crippen LogP contribution in [0.4, 0.5) is 5.69 Å². The van der Waals surface area contributed by atoms with Gasteiger partial charge in [-0.25, -0.2) is 0 Å². The summed E-state index contributed by atoms with van der Waals surface area (Å²) in [5.41, 5.74) is 1.08. The number of nitrogens with zero attached hydrogens (tertiary/aromatic N) is 1. The minimum Gasteiger partial charge on any atom is -0.377 e. The molecule has 0 unspecified atom stereocenters. The number of ether oxygens (including phenoxy) is 1. The molecule has 0 atom stereocenters. The first kappa shape index (κ1) is 10.7. The maximum atomic E-state index is 10.3. The van der Waals surface area contributed by atoms with Crippen LogP contribution in [0, 0.1) is 10.1 Å². The smallest absolute Gasteiger partial charge is 0.269 e. The van der Waals surface area contributed by atoms with Crippen molar-refractivity contribution in [3.63, 3.8) is 0 Å². The molecule has 4 nitrogen and oxygen atoms in total. The first-order valence-corrected chi connectivity index (χ1v) is 4.55. The van der Waals surface area contributed by atoms with Crippen LogP contribution in [0.15, 0.2) is 24.3 Å². The van der Waals surface area contributed by atoms with Crippen molar-refractivity contribution < 1.29 is 9.66 Å². The normalized spacial score (nSPS) is 10.1. The van der Waals surface area contributed by atoms with Crippen molar-refractivity contribution in [1.29, 1.82) is 0 Å². The molecule has 0 aromatic heterocycles. The van der Waals surface area contributed by atoms with Crippen molar-refractivity contribution in [3.8, 4) is 0 Å². The van der Waals surface area contributed by atoms with Gasteiger partial charge in [0.05, 0.1) is 11.5 Å². The van der Waals surface area contributed by atoms with Crippen LogP contribution in [-0.2, 0) is 11.3 Å². The van der Waals surface area contributed by atoms with E-state index in [1.165, 1.54) is 12.1 Å². The second-order valence-corrected chi connectivity index (χ2v) is 2.98. The summed E-state index contributed by atoms with van der Waals surface area (Å²) < 4.78 is 5.30. The molecule has 76 valence electrons. The molecular formula is C10H13NO3. The summed E-state index contributed by atoms with van der Waals surface area (Å²) >= 11 is 0. The van der Waals surface area contributed by atoms with Crippen molar-refractivity contribution in [2.75, 3.05) is 6.61 Å². The van der Waals surface area contributed by atoms with Gasteiger partial charge in [-0.2, -0.15) is 0 Å². The Hall–Kier alpha value is -1.42. The highest BCUT2D eigenvalue weighted by Gasteiger charge is 2.03. The Bertz CT molecular complexity index is 295. The second kappa shape index (κ2) is 5.34. The fraction of sp³-hybridized carbons (Fsp3) is 0.400. The zero-order chi connectivity index (χ0) is 10.4. The van der Waals surface area contributed by atoms with Gasteiger partial charge in [0.1, 0.15) is 0 Å². The van der Waals surface area contributed by atoms with E-state index in [-0.39, 0.29) is 5.69 Å². The third-order valence-corrected chi connectivity index (χ3v) is 1.76. The van der Waals surface area contributed by atoms with E-state index in [1.807, 2.05) is 6.92 Å². The molecule has 4 heteroatoms. The lowest BCUT2D eigenvalue weighted by Gasteiger charge is -2.01. The van der Waals surface area contributed by atoms with E-state index in [1.54, 1.807) is 12.1 Å². The van der Waals surface area contributed by atoms with Crippen LogP contribution >= 0.6 is 0 Å². The highest BCUT2D eigenvalue weighted by Crippen LogP contribution is 2.12. The highest BCUT2D eigenvalue weighted by molar-refractivity contribution is 5.32. The van der Waals surface area contributed by atoms with Gasteiger partial charge in [-0.15, -0.1) is 0 Å². The molecule has 0 saturated carbocycles.